The van der Waals surface area contributed by atoms with Crippen LogP contribution in [0.3, 0.4) is 0 Å². The number of hydrogen-bond acceptors (Lipinski definition) is 8. The molecule has 0 bridgehead atoms. The highest BCUT2D eigenvalue weighted by Gasteiger charge is 2.06. The van der Waals surface area contributed by atoms with Gasteiger partial charge in [0, 0.05) is 14.1 Å². The standard InChI is InChI=1S/C9H14N8O/c1-10-7-13-8(15-9(14-7)18-3)11-4-6-16-12-5-17(6)2/h5H,4H2,1-3H3,(H2,10,11,13,14,15). The SMILES string of the molecule is CNc1nc(NCc2nncn2C)nc(OC)n1. The number of rotatable bonds is 5. The van der Waals surface area contributed by atoms with Crippen LogP contribution in [0.25, 0.3) is 0 Å². The van der Waals surface area contributed by atoms with Gasteiger partial charge in [-0.25, -0.2) is 0 Å². The molecule has 18 heavy (non-hydrogen) atoms. The van der Waals surface area contributed by atoms with E-state index in [1.807, 2.05) is 11.6 Å². The molecule has 0 spiro atoms. The van der Waals surface area contributed by atoms with Gasteiger partial charge < -0.3 is 19.9 Å². The average Bonchev–Trinajstić information content (AvgIpc) is 2.81. The fraction of sp³-hybridized carbons (Fsp3) is 0.444. The van der Waals surface area contributed by atoms with Gasteiger partial charge in [-0.1, -0.05) is 0 Å². The van der Waals surface area contributed by atoms with Crippen LogP contribution in [-0.4, -0.2) is 43.9 Å². The highest BCUT2D eigenvalue weighted by molar-refractivity contribution is 5.35. The molecule has 0 saturated heterocycles. The third kappa shape index (κ3) is 2.62. The van der Waals surface area contributed by atoms with E-state index in [2.05, 4.69) is 35.8 Å². The second-order valence-electron chi connectivity index (χ2n) is 3.43. The second-order valence-corrected chi connectivity index (χ2v) is 3.43. The lowest BCUT2D eigenvalue weighted by Crippen LogP contribution is -2.10. The van der Waals surface area contributed by atoms with Crippen LogP contribution in [0.4, 0.5) is 11.9 Å². The number of nitrogens with one attached hydrogen (secondary N) is 2. The number of anilines is 2. The van der Waals surface area contributed by atoms with Crippen molar-refractivity contribution in [2.24, 2.45) is 7.05 Å². The molecular formula is C9H14N8O. The van der Waals surface area contributed by atoms with Gasteiger partial charge in [0.05, 0.1) is 13.7 Å². The third-order valence-electron chi connectivity index (χ3n) is 2.23. The van der Waals surface area contributed by atoms with Crippen molar-refractivity contribution in [3.05, 3.63) is 12.2 Å². The zero-order chi connectivity index (χ0) is 13.0. The van der Waals surface area contributed by atoms with E-state index in [9.17, 15) is 0 Å². The van der Waals surface area contributed by atoms with Gasteiger partial charge >= 0.3 is 6.01 Å². The van der Waals surface area contributed by atoms with Crippen LogP contribution in [0.2, 0.25) is 0 Å². The summed E-state index contributed by atoms with van der Waals surface area (Å²) < 4.78 is 6.79. The Bertz CT molecular complexity index is 503. The summed E-state index contributed by atoms with van der Waals surface area (Å²) >= 11 is 0. The normalized spacial score (nSPS) is 10.2. The zero-order valence-electron chi connectivity index (χ0n) is 10.4. The zero-order valence-corrected chi connectivity index (χ0v) is 10.4. The van der Waals surface area contributed by atoms with E-state index >= 15 is 0 Å². The van der Waals surface area contributed by atoms with Crippen molar-refractivity contribution in [3.8, 4) is 6.01 Å². The van der Waals surface area contributed by atoms with Crippen molar-refractivity contribution in [1.82, 2.24) is 29.7 Å². The Kier molecular flexibility index (Phi) is 3.51. The Morgan fingerprint density at radius 3 is 2.67 bits per heavy atom. The summed E-state index contributed by atoms with van der Waals surface area (Å²) in [6, 6.07) is 0.245. The lowest BCUT2D eigenvalue weighted by molar-refractivity contribution is 0.379. The monoisotopic (exact) mass is 250 g/mol. The van der Waals surface area contributed by atoms with Gasteiger partial charge in [0.25, 0.3) is 0 Å². The first-order valence-corrected chi connectivity index (χ1v) is 5.27. The summed E-state index contributed by atoms with van der Waals surface area (Å²) in [7, 11) is 5.09. The van der Waals surface area contributed by atoms with E-state index in [0.29, 0.717) is 18.4 Å². The van der Waals surface area contributed by atoms with Crippen molar-refractivity contribution >= 4 is 11.9 Å². The molecule has 2 heterocycles. The highest BCUT2D eigenvalue weighted by atomic mass is 16.5. The molecule has 0 aromatic carbocycles. The maximum atomic E-state index is 4.98. The summed E-state index contributed by atoms with van der Waals surface area (Å²) in [5.41, 5.74) is 0. The maximum absolute atomic E-state index is 4.98. The van der Waals surface area contributed by atoms with Crippen LogP contribution in [0.5, 0.6) is 6.01 Å². The number of aryl methyl sites for hydroxylation is 1. The minimum Gasteiger partial charge on any atom is -0.467 e. The molecule has 0 aliphatic heterocycles. The number of ether oxygens (including phenoxy) is 1. The van der Waals surface area contributed by atoms with Gasteiger partial charge in [-0.3, -0.25) is 0 Å². The summed E-state index contributed by atoms with van der Waals surface area (Å²) in [4.78, 5) is 12.2. The Balaban J connectivity index is 2.11. The molecule has 2 N–H and O–H groups in total. The molecule has 0 radical (unpaired) electrons. The lowest BCUT2D eigenvalue weighted by atomic mass is 10.6. The van der Waals surface area contributed by atoms with Crippen molar-refractivity contribution < 1.29 is 4.74 Å². The number of aromatic nitrogens is 6. The third-order valence-corrected chi connectivity index (χ3v) is 2.23. The minimum absolute atomic E-state index is 0.245. The summed E-state index contributed by atoms with van der Waals surface area (Å²) in [5.74, 6) is 1.62. The molecule has 2 aromatic heterocycles. The van der Waals surface area contributed by atoms with Crippen molar-refractivity contribution in [2.75, 3.05) is 24.8 Å². The lowest BCUT2D eigenvalue weighted by Gasteiger charge is -2.07. The summed E-state index contributed by atoms with van der Waals surface area (Å²) in [6.07, 6.45) is 1.63. The minimum atomic E-state index is 0.245. The molecule has 9 heteroatoms. The van der Waals surface area contributed by atoms with Crippen LogP contribution in [-0.2, 0) is 13.6 Å². The van der Waals surface area contributed by atoms with E-state index in [4.69, 9.17) is 4.74 Å². The topological polar surface area (TPSA) is 103 Å². The quantitative estimate of drug-likeness (QED) is 0.743. The van der Waals surface area contributed by atoms with Gasteiger partial charge in [-0.05, 0) is 0 Å². The van der Waals surface area contributed by atoms with Crippen LogP contribution in [0.1, 0.15) is 5.82 Å². The molecule has 9 nitrogen and oxygen atoms in total. The summed E-state index contributed by atoms with van der Waals surface area (Å²) in [5, 5.41) is 13.6. The van der Waals surface area contributed by atoms with Crippen LogP contribution in [0.15, 0.2) is 6.33 Å². The van der Waals surface area contributed by atoms with Crippen LogP contribution in [0, 0.1) is 0 Å². The average molecular weight is 250 g/mol. The van der Waals surface area contributed by atoms with Gasteiger partial charge in [0.2, 0.25) is 11.9 Å². The van der Waals surface area contributed by atoms with E-state index < -0.39 is 0 Å². The number of methoxy groups -OCH3 is 1. The summed E-state index contributed by atoms with van der Waals surface area (Å²) in [6.45, 7) is 0.465. The Labute approximate surface area is 104 Å². The van der Waals surface area contributed by atoms with Crippen LogP contribution >= 0.6 is 0 Å². The van der Waals surface area contributed by atoms with Gasteiger partial charge in [0.1, 0.15) is 6.33 Å². The largest absolute Gasteiger partial charge is 0.467 e. The predicted molar refractivity (Wildman–Crippen MR) is 64.3 cm³/mol. The second kappa shape index (κ2) is 5.25. The van der Waals surface area contributed by atoms with Gasteiger partial charge in [0.15, 0.2) is 5.82 Å². The first-order valence-electron chi connectivity index (χ1n) is 5.27. The van der Waals surface area contributed by atoms with E-state index in [1.54, 1.807) is 13.4 Å². The van der Waals surface area contributed by atoms with Crippen molar-refractivity contribution in [3.63, 3.8) is 0 Å². The predicted octanol–water partition coefficient (Wildman–Crippen LogP) is -0.338. The number of nitrogens with zero attached hydrogens (tertiary/aromatic N) is 6. The number of hydrogen-bond donors (Lipinski definition) is 2. The van der Waals surface area contributed by atoms with Crippen molar-refractivity contribution in [2.45, 2.75) is 6.54 Å². The van der Waals surface area contributed by atoms with E-state index in [0.717, 1.165) is 5.82 Å². The first kappa shape index (κ1) is 12.0. The smallest absolute Gasteiger partial charge is 0.322 e. The maximum Gasteiger partial charge on any atom is 0.322 e. The Morgan fingerprint density at radius 2 is 2.06 bits per heavy atom. The molecule has 0 aliphatic carbocycles. The van der Waals surface area contributed by atoms with Crippen LogP contribution < -0.4 is 15.4 Å². The molecule has 0 fully saturated rings. The fourth-order valence-electron chi connectivity index (χ4n) is 1.26. The highest BCUT2D eigenvalue weighted by Crippen LogP contribution is 2.10. The fourth-order valence-corrected chi connectivity index (χ4v) is 1.26. The molecule has 0 amide bonds. The molecule has 0 atom stereocenters. The molecule has 0 aliphatic rings. The Hall–Kier alpha value is -2.45. The molecule has 96 valence electrons. The van der Waals surface area contributed by atoms with E-state index in [1.165, 1.54) is 7.11 Å². The molecule has 0 unspecified atom stereocenters. The van der Waals surface area contributed by atoms with Crippen molar-refractivity contribution in [1.29, 1.82) is 0 Å². The molecule has 0 saturated carbocycles. The van der Waals surface area contributed by atoms with Gasteiger partial charge in [-0.15, -0.1) is 10.2 Å². The molecule has 2 rings (SSSR count). The molecular weight excluding hydrogens is 236 g/mol. The first-order chi connectivity index (χ1) is 8.72. The Morgan fingerprint density at radius 1 is 1.28 bits per heavy atom. The van der Waals surface area contributed by atoms with Gasteiger partial charge in [-0.2, -0.15) is 15.0 Å². The molecule has 2 aromatic rings. The van der Waals surface area contributed by atoms with E-state index in [-0.39, 0.29) is 6.01 Å².